The van der Waals surface area contributed by atoms with Crippen molar-refractivity contribution in [3.8, 4) is 0 Å². The first kappa shape index (κ1) is 35.9. The van der Waals surface area contributed by atoms with Crippen molar-refractivity contribution in [2.75, 3.05) is 19.8 Å². The van der Waals surface area contributed by atoms with Gasteiger partial charge in [0.1, 0.15) is 5.60 Å². The van der Waals surface area contributed by atoms with E-state index >= 15 is 0 Å². The number of rotatable bonds is 14. The molecule has 18 heteroatoms. The van der Waals surface area contributed by atoms with Crippen LogP contribution in [-0.4, -0.2) is 78.1 Å². The lowest BCUT2D eigenvalue weighted by atomic mass is 9.93. The number of ether oxygens (including phenoxy) is 3. The summed E-state index contributed by atoms with van der Waals surface area (Å²) in [6.07, 6.45) is -3.92. The van der Waals surface area contributed by atoms with Crippen LogP contribution in [-0.2, 0) is 19.0 Å². The molecule has 1 N–H and O–H groups in total. The number of hydrogen-bond donors (Lipinski definition) is 1. The number of halogens is 13. The number of esters is 1. The van der Waals surface area contributed by atoms with Crippen LogP contribution in [0.4, 0.5) is 57.1 Å². The molecule has 0 aliphatic carbocycles. The molecular formula is C22H25F13O5. The topological polar surface area (TPSA) is 65.0 Å². The van der Waals surface area contributed by atoms with Crippen LogP contribution >= 0.6 is 0 Å². The maximum atomic E-state index is 13.8. The normalized spacial score (nSPS) is 23.9. The minimum Gasteiger partial charge on any atom is -0.462 e. The average molecular weight is 616 g/mol. The highest BCUT2D eigenvalue weighted by Gasteiger charge is 2.90. The van der Waals surface area contributed by atoms with Crippen LogP contribution in [0.25, 0.3) is 0 Å². The third kappa shape index (κ3) is 7.03. The second-order valence-corrected chi connectivity index (χ2v) is 9.02. The molecule has 0 radical (unpaired) electrons. The summed E-state index contributed by atoms with van der Waals surface area (Å²) in [7, 11) is 0. The average Bonchev–Trinajstić information content (AvgIpc) is 3.17. The summed E-state index contributed by atoms with van der Waals surface area (Å²) in [5.41, 5.74) is -1.26. The summed E-state index contributed by atoms with van der Waals surface area (Å²) in [6, 6.07) is 0. The molecule has 0 saturated carbocycles. The summed E-state index contributed by atoms with van der Waals surface area (Å²) in [6.45, 7) is 0.673. The largest absolute Gasteiger partial charge is 0.462 e. The van der Waals surface area contributed by atoms with Crippen molar-refractivity contribution >= 4 is 5.97 Å². The van der Waals surface area contributed by atoms with E-state index in [1.54, 1.807) is 6.08 Å². The Kier molecular flexibility index (Phi) is 10.8. The molecule has 0 spiro atoms. The number of carbonyl (C=O) groups is 1. The van der Waals surface area contributed by atoms with Gasteiger partial charge in [-0.05, 0) is 25.5 Å². The molecule has 5 nitrogen and oxygen atoms in total. The van der Waals surface area contributed by atoms with Gasteiger partial charge in [-0.1, -0.05) is 25.8 Å². The number of aliphatic hydroxyl groups excluding tert-OH is 1. The Morgan fingerprint density at radius 1 is 0.900 bits per heavy atom. The second kappa shape index (κ2) is 12.0. The molecule has 2 atom stereocenters. The molecule has 1 saturated heterocycles. The Hall–Kier alpha value is -2.08. The molecule has 0 aromatic carbocycles. The van der Waals surface area contributed by atoms with Gasteiger partial charge < -0.3 is 19.3 Å². The summed E-state index contributed by atoms with van der Waals surface area (Å²) < 4.78 is 186. The highest BCUT2D eigenvalue weighted by atomic mass is 19.4. The van der Waals surface area contributed by atoms with E-state index in [9.17, 15) is 67.0 Å². The van der Waals surface area contributed by atoms with Crippen molar-refractivity contribution in [3.05, 3.63) is 24.3 Å². The lowest BCUT2D eigenvalue weighted by molar-refractivity contribution is -0.440. The molecule has 40 heavy (non-hydrogen) atoms. The maximum Gasteiger partial charge on any atom is 0.460 e. The van der Waals surface area contributed by atoms with Crippen LogP contribution < -0.4 is 0 Å². The first-order valence-corrected chi connectivity index (χ1v) is 11.3. The Morgan fingerprint density at radius 2 is 1.45 bits per heavy atom. The summed E-state index contributed by atoms with van der Waals surface area (Å²) in [4.78, 5) is 11.9. The third-order valence-electron chi connectivity index (χ3n) is 5.53. The zero-order valence-corrected chi connectivity index (χ0v) is 20.8. The predicted molar refractivity (Wildman–Crippen MR) is 109 cm³/mol. The highest BCUT2D eigenvalue weighted by molar-refractivity contribution is 5.82. The van der Waals surface area contributed by atoms with Gasteiger partial charge in [-0.2, -0.15) is 57.1 Å². The molecule has 234 valence electrons. The van der Waals surface area contributed by atoms with Gasteiger partial charge >= 0.3 is 41.8 Å². The van der Waals surface area contributed by atoms with Crippen molar-refractivity contribution < 1.29 is 81.2 Å². The van der Waals surface area contributed by atoms with E-state index in [0.29, 0.717) is 12.5 Å². The van der Waals surface area contributed by atoms with E-state index in [-0.39, 0.29) is 6.61 Å². The van der Waals surface area contributed by atoms with Gasteiger partial charge in [0.2, 0.25) is 5.79 Å². The van der Waals surface area contributed by atoms with Gasteiger partial charge in [-0.3, -0.25) is 0 Å². The third-order valence-corrected chi connectivity index (χ3v) is 5.53. The number of alkyl halides is 13. The minimum absolute atomic E-state index is 0.200. The number of allylic oxidation sites excluding steroid dienone is 1. The molecule has 1 fully saturated rings. The number of hydrogen-bond acceptors (Lipinski definition) is 5. The van der Waals surface area contributed by atoms with Crippen molar-refractivity contribution in [1.29, 1.82) is 0 Å². The van der Waals surface area contributed by atoms with E-state index in [0.717, 1.165) is 18.9 Å². The molecule has 1 aliphatic rings. The molecule has 0 bridgehead atoms. The molecule has 0 aromatic heterocycles. The van der Waals surface area contributed by atoms with E-state index in [1.165, 1.54) is 13.0 Å². The fourth-order valence-corrected chi connectivity index (χ4v) is 3.05. The van der Waals surface area contributed by atoms with Crippen molar-refractivity contribution in [2.45, 2.75) is 86.7 Å². The van der Waals surface area contributed by atoms with Gasteiger partial charge in [0.05, 0.1) is 26.2 Å². The SMILES string of the molecule is CCCC/C=C/[C@]1(/C=C/C(=O)OCCC(F)(F)C(F)(F)C(F)(F)C(F)(F)C(F)(F)C(F)(F)F)OC[C@](C)(CO)O1. The van der Waals surface area contributed by atoms with Crippen LogP contribution in [0.2, 0.25) is 0 Å². The smallest absolute Gasteiger partial charge is 0.460 e. The van der Waals surface area contributed by atoms with Crippen LogP contribution in [0, 0.1) is 0 Å². The number of unbranched alkanes of at least 4 members (excludes halogenated alkanes) is 2. The van der Waals surface area contributed by atoms with E-state index in [2.05, 4.69) is 4.74 Å². The van der Waals surface area contributed by atoms with Crippen molar-refractivity contribution in [1.82, 2.24) is 0 Å². The molecule has 1 rings (SSSR count). The highest BCUT2D eigenvalue weighted by Crippen LogP contribution is 2.60. The lowest BCUT2D eigenvalue weighted by Crippen LogP contribution is -2.70. The van der Waals surface area contributed by atoms with Crippen molar-refractivity contribution in [2.24, 2.45) is 0 Å². The van der Waals surface area contributed by atoms with Gasteiger partial charge in [0, 0.05) is 6.08 Å². The Morgan fingerprint density at radius 3 is 1.93 bits per heavy atom. The van der Waals surface area contributed by atoms with Gasteiger partial charge in [0.25, 0.3) is 0 Å². The Labute approximate surface area is 218 Å². The Balaban J connectivity index is 3.01. The summed E-state index contributed by atoms with van der Waals surface area (Å²) in [5.74, 6) is -41.0. The van der Waals surface area contributed by atoms with E-state index < -0.39 is 72.8 Å². The maximum absolute atomic E-state index is 13.8. The van der Waals surface area contributed by atoms with Crippen LogP contribution in [0.3, 0.4) is 0 Å². The number of carbonyl (C=O) groups excluding carboxylic acids is 1. The summed E-state index contributed by atoms with van der Waals surface area (Å²) in [5, 5.41) is 9.42. The monoisotopic (exact) mass is 616 g/mol. The van der Waals surface area contributed by atoms with Gasteiger partial charge in [-0.25, -0.2) is 4.79 Å². The molecule has 1 heterocycles. The van der Waals surface area contributed by atoms with Crippen LogP contribution in [0.15, 0.2) is 24.3 Å². The van der Waals surface area contributed by atoms with Crippen LogP contribution in [0.1, 0.15) is 39.5 Å². The molecule has 0 amide bonds. The Bertz CT molecular complexity index is 933. The lowest BCUT2D eigenvalue weighted by Gasteiger charge is -2.39. The first-order chi connectivity index (χ1) is 17.9. The molecule has 1 aliphatic heterocycles. The number of aliphatic hydroxyl groups is 1. The quantitative estimate of drug-likeness (QED) is 0.0799. The first-order valence-electron chi connectivity index (χ1n) is 11.3. The molecule has 0 unspecified atom stereocenters. The molecule has 0 aromatic rings. The zero-order valence-electron chi connectivity index (χ0n) is 20.8. The summed E-state index contributed by atoms with van der Waals surface area (Å²) >= 11 is 0. The van der Waals surface area contributed by atoms with E-state index in [1.807, 2.05) is 6.92 Å². The van der Waals surface area contributed by atoms with E-state index in [4.69, 9.17) is 9.47 Å². The fraction of sp³-hybridized carbons (Fsp3) is 0.773. The van der Waals surface area contributed by atoms with Crippen LogP contribution in [0.5, 0.6) is 0 Å². The standard InChI is InChI=1S/C22H25F13O5/c1-3-4-5-6-8-16(39-13-15(2,12-36)40-16)9-7-14(37)38-11-10-17(23,24)18(25,26)19(27,28)20(29,30)21(31,32)22(33,34)35/h6-9,36H,3-5,10-13H2,1-2H3/b8-6+,9-7+/t15-,16-/m0/s1. The van der Waals surface area contributed by atoms with Gasteiger partial charge in [-0.15, -0.1) is 0 Å². The predicted octanol–water partition coefficient (Wildman–Crippen LogP) is 6.46. The fourth-order valence-electron chi connectivity index (χ4n) is 3.05. The van der Waals surface area contributed by atoms with Gasteiger partial charge in [0.15, 0.2) is 0 Å². The zero-order chi connectivity index (χ0) is 31.5. The minimum atomic E-state index is -8.01. The second-order valence-electron chi connectivity index (χ2n) is 9.02. The van der Waals surface area contributed by atoms with Crippen molar-refractivity contribution in [3.63, 3.8) is 0 Å². The molecular weight excluding hydrogens is 591 g/mol.